The third kappa shape index (κ3) is 6.20. The number of rotatable bonds is 9. The molecule has 7 nitrogen and oxygen atoms in total. The van der Waals surface area contributed by atoms with Crippen LogP contribution in [0.15, 0.2) is 90.1 Å². The van der Waals surface area contributed by atoms with E-state index in [0.29, 0.717) is 22.2 Å². The SMILES string of the molecule is Cn1c(SCC(=O)N(c2ccccc2)[C@H](C(=O)NC2CCCC2)c2ccc(F)cc2)nnc1-c1ccccc1. The Morgan fingerprint density at radius 1 is 0.974 bits per heavy atom. The van der Waals surface area contributed by atoms with E-state index in [1.54, 1.807) is 24.3 Å². The first-order chi connectivity index (χ1) is 19.0. The van der Waals surface area contributed by atoms with Crippen molar-refractivity contribution in [2.45, 2.75) is 42.9 Å². The van der Waals surface area contributed by atoms with Crippen molar-refractivity contribution in [3.05, 3.63) is 96.3 Å². The molecule has 0 bridgehead atoms. The van der Waals surface area contributed by atoms with Gasteiger partial charge < -0.3 is 9.88 Å². The summed E-state index contributed by atoms with van der Waals surface area (Å²) in [6.45, 7) is 0. The standard InChI is InChI=1S/C30H30FN5O2S/c1-35-28(22-10-4-2-5-11-22)33-34-30(35)39-20-26(37)36(25-14-6-3-7-15-25)27(21-16-18-23(31)19-17-21)29(38)32-24-12-8-9-13-24/h2-7,10-11,14-19,24,27H,8-9,12-13,20H2,1H3,(H,32,38)/t27-/m0/s1. The molecule has 4 aromatic rings. The summed E-state index contributed by atoms with van der Waals surface area (Å²) in [5.41, 5.74) is 2.05. The number of aromatic nitrogens is 3. The number of nitrogens with one attached hydrogen (secondary N) is 1. The molecule has 1 N–H and O–H groups in total. The van der Waals surface area contributed by atoms with Gasteiger partial charge in [0.2, 0.25) is 11.8 Å². The third-order valence-corrected chi connectivity index (χ3v) is 7.89. The van der Waals surface area contributed by atoms with Crippen LogP contribution in [-0.4, -0.2) is 38.4 Å². The van der Waals surface area contributed by atoms with Gasteiger partial charge in [-0.2, -0.15) is 0 Å². The number of anilines is 1. The number of halogens is 1. The van der Waals surface area contributed by atoms with Crippen LogP contribution < -0.4 is 10.2 Å². The Hall–Kier alpha value is -3.98. The number of para-hydroxylation sites is 1. The highest BCUT2D eigenvalue weighted by Crippen LogP contribution is 2.31. The molecular formula is C30H30FN5O2S. The van der Waals surface area contributed by atoms with Gasteiger partial charge in [0.25, 0.3) is 0 Å². The summed E-state index contributed by atoms with van der Waals surface area (Å²) < 4.78 is 15.7. The van der Waals surface area contributed by atoms with E-state index in [4.69, 9.17) is 0 Å². The van der Waals surface area contributed by atoms with Gasteiger partial charge >= 0.3 is 0 Å². The van der Waals surface area contributed by atoms with E-state index in [2.05, 4.69) is 15.5 Å². The lowest BCUT2D eigenvalue weighted by atomic mass is 10.0. The lowest BCUT2D eigenvalue weighted by molar-refractivity contribution is -0.126. The number of benzene rings is 3. The zero-order chi connectivity index (χ0) is 27.2. The Morgan fingerprint density at radius 2 is 1.62 bits per heavy atom. The van der Waals surface area contributed by atoms with E-state index in [1.807, 2.05) is 60.1 Å². The minimum Gasteiger partial charge on any atom is -0.351 e. The van der Waals surface area contributed by atoms with Crippen LogP contribution in [0.3, 0.4) is 0 Å². The van der Waals surface area contributed by atoms with Crippen LogP contribution in [0.25, 0.3) is 11.4 Å². The number of nitrogens with zero attached hydrogens (tertiary/aromatic N) is 4. The molecule has 1 fully saturated rings. The topological polar surface area (TPSA) is 80.1 Å². The molecule has 2 amide bonds. The van der Waals surface area contributed by atoms with E-state index in [1.165, 1.54) is 28.8 Å². The lowest BCUT2D eigenvalue weighted by Crippen LogP contribution is -2.47. The molecule has 5 rings (SSSR count). The van der Waals surface area contributed by atoms with E-state index in [-0.39, 0.29) is 23.6 Å². The molecule has 0 saturated heterocycles. The number of hydrogen-bond donors (Lipinski definition) is 1. The molecule has 9 heteroatoms. The smallest absolute Gasteiger partial charge is 0.248 e. The van der Waals surface area contributed by atoms with E-state index < -0.39 is 11.9 Å². The number of amides is 2. The molecule has 1 aliphatic carbocycles. The van der Waals surface area contributed by atoms with Gasteiger partial charge in [0, 0.05) is 24.3 Å². The molecule has 0 spiro atoms. The Bertz CT molecular complexity index is 1410. The van der Waals surface area contributed by atoms with Crippen LogP contribution in [0, 0.1) is 5.82 Å². The van der Waals surface area contributed by atoms with Gasteiger partial charge in [0.1, 0.15) is 11.9 Å². The Balaban J connectivity index is 1.44. The fraction of sp³-hybridized carbons (Fsp3) is 0.267. The third-order valence-electron chi connectivity index (χ3n) is 6.89. The van der Waals surface area contributed by atoms with E-state index >= 15 is 0 Å². The van der Waals surface area contributed by atoms with Crippen LogP contribution in [0.2, 0.25) is 0 Å². The average Bonchev–Trinajstić information content (AvgIpc) is 3.61. The summed E-state index contributed by atoms with van der Waals surface area (Å²) in [6.07, 6.45) is 3.94. The van der Waals surface area contributed by atoms with Crippen LogP contribution in [-0.2, 0) is 16.6 Å². The fourth-order valence-corrected chi connectivity index (χ4v) is 5.68. The van der Waals surface area contributed by atoms with Gasteiger partial charge in [-0.1, -0.05) is 85.3 Å². The first-order valence-corrected chi connectivity index (χ1v) is 14.0. The van der Waals surface area contributed by atoms with Gasteiger partial charge in [0.05, 0.1) is 5.75 Å². The highest BCUT2D eigenvalue weighted by Gasteiger charge is 2.34. The molecule has 0 unspecified atom stereocenters. The van der Waals surface area contributed by atoms with Crippen molar-refractivity contribution in [3.63, 3.8) is 0 Å². The second-order valence-electron chi connectivity index (χ2n) is 9.56. The number of carbonyl (C=O) groups is 2. The largest absolute Gasteiger partial charge is 0.351 e. The minimum atomic E-state index is -0.957. The van der Waals surface area contributed by atoms with Crippen LogP contribution in [0.1, 0.15) is 37.3 Å². The summed E-state index contributed by atoms with van der Waals surface area (Å²) in [4.78, 5) is 29.2. The molecule has 0 radical (unpaired) electrons. The number of hydrogen-bond acceptors (Lipinski definition) is 5. The zero-order valence-corrected chi connectivity index (χ0v) is 22.5. The molecule has 1 aliphatic rings. The predicted octanol–water partition coefficient (Wildman–Crippen LogP) is 5.55. The van der Waals surface area contributed by atoms with Crippen molar-refractivity contribution >= 4 is 29.3 Å². The van der Waals surface area contributed by atoms with Crippen molar-refractivity contribution in [1.82, 2.24) is 20.1 Å². The summed E-state index contributed by atoms with van der Waals surface area (Å²) >= 11 is 1.26. The minimum absolute atomic E-state index is 0.0318. The lowest BCUT2D eigenvalue weighted by Gasteiger charge is -2.32. The number of carbonyl (C=O) groups excluding carboxylic acids is 2. The van der Waals surface area contributed by atoms with Gasteiger partial charge in [-0.25, -0.2) is 4.39 Å². The highest BCUT2D eigenvalue weighted by atomic mass is 32.2. The summed E-state index contributed by atoms with van der Waals surface area (Å²) in [6, 6.07) is 23.7. The molecule has 1 atom stereocenters. The second-order valence-corrected chi connectivity index (χ2v) is 10.5. The van der Waals surface area contributed by atoms with Crippen molar-refractivity contribution in [2.24, 2.45) is 7.05 Å². The van der Waals surface area contributed by atoms with Crippen molar-refractivity contribution in [3.8, 4) is 11.4 Å². The molecular weight excluding hydrogens is 513 g/mol. The molecule has 1 heterocycles. The quantitative estimate of drug-likeness (QED) is 0.280. The second kappa shape index (κ2) is 12.3. The molecule has 0 aliphatic heterocycles. The molecule has 39 heavy (non-hydrogen) atoms. The van der Waals surface area contributed by atoms with Crippen molar-refractivity contribution in [2.75, 3.05) is 10.7 Å². The van der Waals surface area contributed by atoms with Crippen LogP contribution in [0.5, 0.6) is 0 Å². The summed E-state index contributed by atoms with van der Waals surface area (Å²) in [7, 11) is 1.86. The van der Waals surface area contributed by atoms with Crippen molar-refractivity contribution < 1.29 is 14.0 Å². The average molecular weight is 544 g/mol. The summed E-state index contributed by atoms with van der Waals surface area (Å²) in [5, 5.41) is 12.3. The Morgan fingerprint density at radius 3 is 2.28 bits per heavy atom. The monoisotopic (exact) mass is 543 g/mol. The molecule has 1 saturated carbocycles. The first-order valence-electron chi connectivity index (χ1n) is 13.0. The molecule has 3 aromatic carbocycles. The maximum absolute atomic E-state index is 13.9. The Labute approximate surface area is 231 Å². The van der Waals surface area contributed by atoms with Crippen molar-refractivity contribution in [1.29, 1.82) is 0 Å². The van der Waals surface area contributed by atoms with E-state index in [9.17, 15) is 14.0 Å². The predicted molar refractivity (Wildman–Crippen MR) is 151 cm³/mol. The molecule has 1 aromatic heterocycles. The van der Waals surface area contributed by atoms with Crippen LogP contribution >= 0.6 is 11.8 Å². The summed E-state index contributed by atoms with van der Waals surface area (Å²) in [5.74, 6) is -0.222. The fourth-order valence-electron chi connectivity index (χ4n) is 4.91. The highest BCUT2D eigenvalue weighted by molar-refractivity contribution is 7.99. The molecule has 200 valence electrons. The normalized spacial score (nSPS) is 14.2. The number of thioether (sulfide) groups is 1. The first kappa shape index (κ1) is 26.6. The van der Waals surface area contributed by atoms with E-state index in [0.717, 1.165) is 31.2 Å². The maximum atomic E-state index is 13.9. The van der Waals surface area contributed by atoms with Gasteiger partial charge in [0.15, 0.2) is 11.0 Å². The van der Waals surface area contributed by atoms with Crippen LogP contribution in [0.4, 0.5) is 10.1 Å². The zero-order valence-electron chi connectivity index (χ0n) is 21.7. The maximum Gasteiger partial charge on any atom is 0.248 e. The van der Waals surface area contributed by atoms with Gasteiger partial charge in [-0.3, -0.25) is 14.5 Å². The van der Waals surface area contributed by atoms with Gasteiger partial charge in [-0.05, 0) is 42.7 Å². The van der Waals surface area contributed by atoms with Gasteiger partial charge in [-0.15, -0.1) is 10.2 Å². The Kier molecular flexibility index (Phi) is 8.36.